The van der Waals surface area contributed by atoms with Gasteiger partial charge in [0.2, 0.25) is 11.8 Å². The molecule has 0 saturated carbocycles. The Hall–Kier alpha value is -2.09. The molecule has 2 amide bonds. The Morgan fingerprint density at radius 3 is 2.31 bits per heavy atom. The molecule has 1 aromatic rings. The molecule has 0 aliphatic carbocycles. The second-order valence-corrected chi connectivity index (χ2v) is 6.91. The first kappa shape index (κ1) is 20.2. The van der Waals surface area contributed by atoms with Gasteiger partial charge in [0.05, 0.1) is 0 Å². The van der Waals surface area contributed by atoms with Crippen LogP contribution in [0.2, 0.25) is 0 Å². The summed E-state index contributed by atoms with van der Waals surface area (Å²) in [6, 6.07) is 5.34. The normalized spacial score (nSPS) is 22.0. The molecule has 5 nitrogen and oxygen atoms in total. The van der Waals surface area contributed by atoms with Gasteiger partial charge in [0.1, 0.15) is 12.0 Å². The molecule has 0 spiro atoms. The van der Waals surface area contributed by atoms with Crippen LogP contribution in [0.25, 0.3) is 0 Å². The molecule has 0 aromatic heterocycles. The molecule has 2 rings (SSSR count). The Labute approximate surface area is 150 Å². The maximum atomic E-state index is 12.6. The lowest BCUT2D eigenvalue weighted by Gasteiger charge is -2.30. The summed E-state index contributed by atoms with van der Waals surface area (Å²) in [5, 5.41) is 4.43. The van der Waals surface area contributed by atoms with Gasteiger partial charge in [-0.1, -0.05) is 38.1 Å². The monoisotopic (exact) mass is 371 g/mol. The molecule has 3 unspecified atom stereocenters. The van der Waals surface area contributed by atoms with Crippen LogP contribution in [-0.2, 0) is 9.59 Å². The van der Waals surface area contributed by atoms with Gasteiger partial charge in [0, 0.05) is 12.6 Å². The fourth-order valence-electron chi connectivity index (χ4n) is 2.88. The molecule has 4 N–H and O–H groups in total. The maximum absolute atomic E-state index is 12.6. The Kier molecular flexibility index (Phi) is 6.28. The highest BCUT2D eigenvalue weighted by Gasteiger charge is 2.45. The molecule has 1 fully saturated rings. The van der Waals surface area contributed by atoms with Crippen molar-refractivity contribution in [1.29, 1.82) is 0 Å². The second-order valence-electron chi connectivity index (χ2n) is 6.91. The summed E-state index contributed by atoms with van der Waals surface area (Å²) in [6.07, 6.45) is -4.95. The van der Waals surface area contributed by atoms with E-state index in [9.17, 15) is 22.8 Å². The minimum Gasteiger partial charge on any atom is -0.354 e. The Bertz CT molecular complexity index is 644. The van der Waals surface area contributed by atoms with E-state index < -0.39 is 36.0 Å². The number of hydrogen-bond donors (Lipinski definition) is 3. The molecule has 8 heteroatoms. The number of hydrogen-bond acceptors (Lipinski definition) is 3. The van der Waals surface area contributed by atoms with Gasteiger partial charge < -0.3 is 16.4 Å². The summed E-state index contributed by atoms with van der Waals surface area (Å²) in [4.78, 5) is 23.9. The smallest absolute Gasteiger partial charge is 0.354 e. The van der Waals surface area contributed by atoms with Crippen molar-refractivity contribution in [2.24, 2.45) is 11.7 Å². The van der Waals surface area contributed by atoms with Crippen molar-refractivity contribution in [2.45, 2.75) is 50.9 Å². The molecule has 0 bridgehead atoms. The number of halogens is 3. The molecule has 1 aliphatic rings. The van der Waals surface area contributed by atoms with E-state index in [4.69, 9.17) is 5.73 Å². The van der Waals surface area contributed by atoms with Gasteiger partial charge in [-0.3, -0.25) is 9.59 Å². The van der Waals surface area contributed by atoms with E-state index in [0.717, 1.165) is 5.56 Å². The third-order valence-corrected chi connectivity index (χ3v) is 4.62. The molecule has 1 aromatic carbocycles. The fourth-order valence-corrected chi connectivity index (χ4v) is 2.88. The van der Waals surface area contributed by atoms with Gasteiger partial charge in [-0.05, 0) is 29.9 Å². The highest BCUT2D eigenvalue weighted by atomic mass is 19.4. The van der Waals surface area contributed by atoms with E-state index in [2.05, 4.69) is 19.2 Å². The number of carbonyl (C=O) groups is 2. The van der Waals surface area contributed by atoms with Gasteiger partial charge in [0.15, 0.2) is 0 Å². The van der Waals surface area contributed by atoms with E-state index in [1.165, 1.54) is 5.56 Å². The van der Waals surface area contributed by atoms with Crippen molar-refractivity contribution in [3.8, 4) is 0 Å². The highest BCUT2D eigenvalue weighted by Crippen LogP contribution is 2.28. The van der Waals surface area contributed by atoms with Gasteiger partial charge in [-0.15, -0.1) is 0 Å². The SMILES string of the molecule is CC(C)c1ccc(C(N)CNC(=O)C2CCC(C(F)(F)F)NC2=O)cc1. The van der Waals surface area contributed by atoms with Crippen LogP contribution in [0.5, 0.6) is 0 Å². The second kappa shape index (κ2) is 8.07. The number of nitrogens with one attached hydrogen (secondary N) is 2. The van der Waals surface area contributed by atoms with Crippen LogP contribution in [0.4, 0.5) is 13.2 Å². The molecule has 1 aliphatic heterocycles. The van der Waals surface area contributed by atoms with E-state index in [0.29, 0.717) is 5.92 Å². The molecule has 26 heavy (non-hydrogen) atoms. The standard InChI is InChI=1S/C18H24F3N3O2/c1-10(2)11-3-5-12(6-4-11)14(22)9-23-16(25)13-7-8-15(18(19,20)21)24-17(13)26/h3-6,10,13-15H,7-9,22H2,1-2H3,(H,23,25)(H,24,26). The number of amides is 2. The van der Waals surface area contributed by atoms with Crippen molar-refractivity contribution in [2.75, 3.05) is 6.54 Å². The molecule has 1 heterocycles. The first-order valence-corrected chi connectivity index (χ1v) is 8.59. The predicted octanol–water partition coefficient (Wildman–Crippen LogP) is 2.38. The zero-order chi connectivity index (χ0) is 19.5. The Morgan fingerprint density at radius 2 is 1.81 bits per heavy atom. The lowest BCUT2D eigenvalue weighted by Crippen LogP contribution is -2.54. The summed E-state index contributed by atoms with van der Waals surface area (Å²) in [6.45, 7) is 4.26. The number of nitrogens with two attached hydrogens (primary N) is 1. The van der Waals surface area contributed by atoms with Crippen LogP contribution in [0, 0.1) is 5.92 Å². The van der Waals surface area contributed by atoms with Crippen LogP contribution < -0.4 is 16.4 Å². The van der Waals surface area contributed by atoms with Crippen LogP contribution in [0.1, 0.15) is 49.8 Å². The van der Waals surface area contributed by atoms with Gasteiger partial charge in [-0.25, -0.2) is 0 Å². The lowest BCUT2D eigenvalue weighted by molar-refractivity contribution is -0.171. The van der Waals surface area contributed by atoms with Crippen molar-refractivity contribution >= 4 is 11.8 Å². The number of carbonyl (C=O) groups excluding carboxylic acids is 2. The third-order valence-electron chi connectivity index (χ3n) is 4.62. The van der Waals surface area contributed by atoms with Gasteiger partial charge in [-0.2, -0.15) is 13.2 Å². The van der Waals surface area contributed by atoms with Crippen molar-refractivity contribution in [3.05, 3.63) is 35.4 Å². The molecular weight excluding hydrogens is 347 g/mol. The quantitative estimate of drug-likeness (QED) is 0.695. The Balaban J connectivity index is 1.87. The highest BCUT2D eigenvalue weighted by molar-refractivity contribution is 6.00. The van der Waals surface area contributed by atoms with Crippen LogP contribution in [0.3, 0.4) is 0 Å². The van der Waals surface area contributed by atoms with Crippen LogP contribution >= 0.6 is 0 Å². The summed E-state index contributed by atoms with van der Waals surface area (Å²) < 4.78 is 37.9. The van der Waals surface area contributed by atoms with Crippen LogP contribution in [0.15, 0.2) is 24.3 Å². The van der Waals surface area contributed by atoms with E-state index in [1.54, 1.807) is 0 Å². The lowest BCUT2D eigenvalue weighted by atomic mass is 9.92. The van der Waals surface area contributed by atoms with Crippen LogP contribution in [-0.4, -0.2) is 30.6 Å². The molecule has 3 atom stereocenters. The van der Waals surface area contributed by atoms with E-state index in [-0.39, 0.29) is 19.4 Å². The topological polar surface area (TPSA) is 84.2 Å². The maximum Gasteiger partial charge on any atom is 0.408 e. The van der Waals surface area contributed by atoms with Crippen molar-refractivity contribution in [1.82, 2.24) is 10.6 Å². The minimum atomic E-state index is -4.50. The summed E-state index contributed by atoms with van der Waals surface area (Å²) >= 11 is 0. The zero-order valence-corrected chi connectivity index (χ0v) is 14.8. The molecular formula is C18H24F3N3O2. The first-order valence-electron chi connectivity index (χ1n) is 8.59. The Morgan fingerprint density at radius 1 is 1.23 bits per heavy atom. The molecule has 1 saturated heterocycles. The number of benzene rings is 1. The number of alkyl halides is 3. The summed E-state index contributed by atoms with van der Waals surface area (Å²) in [5.74, 6) is -2.22. The van der Waals surface area contributed by atoms with Gasteiger partial charge >= 0.3 is 6.18 Å². The summed E-state index contributed by atoms with van der Waals surface area (Å²) in [7, 11) is 0. The minimum absolute atomic E-state index is 0.104. The fraction of sp³-hybridized carbons (Fsp3) is 0.556. The van der Waals surface area contributed by atoms with Gasteiger partial charge in [0.25, 0.3) is 0 Å². The van der Waals surface area contributed by atoms with E-state index >= 15 is 0 Å². The number of rotatable bonds is 5. The van der Waals surface area contributed by atoms with Crippen molar-refractivity contribution in [3.63, 3.8) is 0 Å². The predicted molar refractivity (Wildman–Crippen MR) is 91.2 cm³/mol. The zero-order valence-electron chi connectivity index (χ0n) is 14.8. The average molecular weight is 371 g/mol. The largest absolute Gasteiger partial charge is 0.408 e. The third kappa shape index (κ3) is 4.97. The molecule has 144 valence electrons. The van der Waals surface area contributed by atoms with Crippen molar-refractivity contribution < 1.29 is 22.8 Å². The number of piperidine rings is 1. The summed E-state index contributed by atoms with van der Waals surface area (Å²) in [5.41, 5.74) is 8.05. The van der Waals surface area contributed by atoms with E-state index in [1.807, 2.05) is 29.6 Å². The first-order chi connectivity index (χ1) is 12.1. The average Bonchev–Trinajstić information content (AvgIpc) is 2.58. The molecule has 0 radical (unpaired) electrons.